The van der Waals surface area contributed by atoms with Gasteiger partial charge in [0, 0.05) is 31.7 Å². The summed E-state index contributed by atoms with van der Waals surface area (Å²) in [4.78, 5) is 37.5. The minimum atomic E-state index is -0.731. The van der Waals surface area contributed by atoms with Crippen molar-refractivity contribution in [3.05, 3.63) is 65.2 Å². The molecular formula is C25H29N3O5. The number of hydrogen-bond acceptors (Lipinski definition) is 4. The Morgan fingerprint density at radius 3 is 2.09 bits per heavy atom. The highest BCUT2D eigenvalue weighted by atomic mass is 16.5. The molecule has 1 aliphatic carbocycles. The lowest BCUT2D eigenvalue weighted by Crippen LogP contribution is -2.40. The number of rotatable bonds is 7. The predicted molar refractivity (Wildman–Crippen MR) is 122 cm³/mol. The second-order valence-corrected chi connectivity index (χ2v) is 8.57. The molecule has 3 N–H and O–H groups in total. The first-order valence-electron chi connectivity index (χ1n) is 11.4. The molecule has 0 bridgehead atoms. The van der Waals surface area contributed by atoms with Crippen LogP contribution in [0.5, 0.6) is 5.75 Å². The van der Waals surface area contributed by atoms with Gasteiger partial charge in [-0.2, -0.15) is 0 Å². The van der Waals surface area contributed by atoms with Gasteiger partial charge in [-0.25, -0.2) is 4.79 Å². The normalized spacial score (nSPS) is 19.5. The smallest absolute Gasteiger partial charge is 0.318 e. The molecule has 0 radical (unpaired) electrons. The molecular weight excluding hydrogens is 422 g/mol. The van der Waals surface area contributed by atoms with E-state index in [4.69, 9.17) is 9.84 Å². The van der Waals surface area contributed by atoms with Crippen LogP contribution in [-0.2, 0) is 17.9 Å². The lowest BCUT2D eigenvalue weighted by molar-refractivity contribution is -0.143. The maximum Gasteiger partial charge on any atom is 0.318 e. The van der Waals surface area contributed by atoms with Crippen molar-refractivity contribution < 1.29 is 24.2 Å². The van der Waals surface area contributed by atoms with E-state index in [0.717, 1.165) is 0 Å². The molecule has 1 saturated carbocycles. The van der Waals surface area contributed by atoms with Crippen molar-refractivity contribution in [1.29, 1.82) is 0 Å². The molecule has 0 aromatic heterocycles. The Morgan fingerprint density at radius 2 is 1.48 bits per heavy atom. The SMILES string of the molecule is O=C(NCCNC(=O)N1Cc2ccccc2C1)c1ccc(OC2CCC(C(=O)O)CC2)cc1. The number of nitrogens with one attached hydrogen (secondary N) is 2. The van der Waals surface area contributed by atoms with E-state index in [1.807, 2.05) is 24.3 Å². The Hall–Kier alpha value is -3.55. The third kappa shape index (κ3) is 5.83. The molecule has 1 heterocycles. The monoisotopic (exact) mass is 451 g/mol. The summed E-state index contributed by atoms with van der Waals surface area (Å²) in [6.07, 6.45) is 2.69. The van der Waals surface area contributed by atoms with Crippen LogP contribution in [0.2, 0.25) is 0 Å². The molecule has 8 heteroatoms. The molecule has 174 valence electrons. The van der Waals surface area contributed by atoms with E-state index in [1.165, 1.54) is 11.1 Å². The van der Waals surface area contributed by atoms with Crippen molar-refractivity contribution in [2.24, 2.45) is 5.92 Å². The number of urea groups is 1. The van der Waals surface area contributed by atoms with Gasteiger partial charge in [0.05, 0.1) is 12.0 Å². The maximum atomic E-state index is 12.4. The number of carbonyl (C=O) groups is 3. The molecule has 2 aromatic rings. The molecule has 2 aromatic carbocycles. The van der Waals surface area contributed by atoms with Gasteiger partial charge >= 0.3 is 12.0 Å². The molecule has 0 saturated heterocycles. The lowest BCUT2D eigenvalue weighted by atomic mass is 9.87. The largest absolute Gasteiger partial charge is 0.490 e. The molecule has 0 atom stereocenters. The van der Waals surface area contributed by atoms with E-state index >= 15 is 0 Å². The van der Waals surface area contributed by atoms with E-state index in [9.17, 15) is 14.4 Å². The Kier molecular flexibility index (Phi) is 7.12. The van der Waals surface area contributed by atoms with Crippen LogP contribution in [0, 0.1) is 5.92 Å². The highest BCUT2D eigenvalue weighted by Crippen LogP contribution is 2.28. The summed E-state index contributed by atoms with van der Waals surface area (Å²) in [5, 5.41) is 14.7. The number of fused-ring (bicyclic) bond motifs is 1. The fourth-order valence-corrected chi connectivity index (χ4v) is 4.34. The van der Waals surface area contributed by atoms with Gasteiger partial charge in [-0.15, -0.1) is 0 Å². The summed E-state index contributed by atoms with van der Waals surface area (Å²) in [5.74, 6) is -0.548. The van der Waals surface area contributed by atoms with Crippen LogP contribution in [0.1, 0.15) is 47.2 Å². The summed E-state index contributed by atoms with van der Waals surface area (Å²) < 4.78 is 5.94. The van der Waals surface area contributed by atoms with E-state index in [1.54, 1.807) is 29.2 Å². The minimum absolute atomic E-state index is 0.00675. The molecule has 33 heavy (non-hydrogen) atoms. The van der Waals surface area contributed by atoms with Crippen molar-refractivity contribution in [1.82, 2.24) is 15.5 Å². The molecule has 0 spiro atoms. The Bertz CT molecular complexity index is 974. The zero-order chi connectivity index (χ0) is 23.2. The number of carbonyl (C=O) groups excluding carboxylic acids is 2. The Balaban J connectivity index is 1.15. The summed E-state index contributed by atoms with van der Waals surface area (Å²) >= 11 is 0. The fraction of sp³-hybridized carbons (Fsp3) is 0.400. The molecule has 0 unspecified atom stereocenters. The maximum absolute atomic E-state index is 12.4. The Morgan fingerprint density at radius 1 is 0.879 bits per heavy atom. The number of benzene rings is 2. The first-order valence-corrected chi connectivity index (χ1v) is 11.4. The zero-order valence-corrected chi connectivity index (χ0v) is 18.5. The van der Waals surface area contributed by atoms with Crippen LogP contribution in [0.15, 0.2) is 48.5 Å². The van der Waals surface area contributed by atoms with Crippen LogP contribution in [0.4, 0.5) is 4.79 Å². The third-order valence-corrected chi connectivity index (χ3v) is 6.26. The number of amides is 3. The first kappa shape index (κ1) is 22.6. The van der Waals surface area contributed by atoms with Crippen molar-refractivity contribution >= 4 is 17.9 Å². The van der Waals surface area contributed by atoms with Crippen molar-refractivity contribution in [2.45, 2.75) is 44.9 Å². The topological polar surface area (TPSA) is 108 Å². The molecule has 4 rings (SSSR count). The van der Waals surface area contributed by atoms with Gasteiger partial charge in [0.2, 0.25) is 0 Å². The van der Waals surface area contributed by atoms with Gasteiger partial charge in [0.1, 0.15) is 5.75 Å². The standard InChI is InChI=1S/C25H29N3O5/c29-23(26-13-14-27-25(32)28-15-19-3-1-2-4-20(19)16-28)17-5-9-21(10-6-17)33-22-11-7-18(8-12-22)24(30)31/h1-6,9-10,18,22H,7-8,11-16H2,(H,26,29)(H,27,32)(H,30,31). The number of carboxylic acids is 1. The predicted octanol–water partition coefficient (Wildman–Crippen LogP) is 3.16. The van der Waals surface area contributed by atoms with E-state index in [0.29, 0.717) is 63.2 Å². The van der Waals surface area contributed by atoms with Gasteiger partial charge in [0.15, 0.2) is 0 Å². The van der Waals surface area contributed by atoms with Crippen LogP contribution in [0.3, 0.4) is 0 Å². The number of hydrogen-bond donors (Lipinski definition) is 3. The summed E-state index contributed by atoms with van der Waals surface area (Å²) in [5.41, 5.74) is 2.85. The third-order valence-electron chi connectivity index (χ3n) is 6.26. The lowest BCUT2D eigenvalue weighted by Gasteiger charge is -2.26. The van der Waals surface area contributed by atoms with E-state index in [2.05, 4.69) is 10.6 Å². The van der Waals surface area contributed by atoms with Gasteiger partial charge in [-0.1, -0.05) is 24.3 Å². The molecule has 2 aliphatic rings. The second kappa shape index (κ2) is 10.4. The van der Waals surface area contributed by atoms with Crippen molar-refractivity contribution in [3.63, 3.8) is 0 Å². The van der Waals surface area contributed by atoms with Gasteiger partial charge < -0.3 is 25.4 Å². The van der Waals surface area contributed by atoms with E-state index in [-0.39, 0.29) is 24.0 Å². The van der Waals surface area contributed by atoms with Crippen LogP contribution < -0.4 is 15.4 Å². The first-order chi connectivity index (χ1) is 16.0. The molecule has 1 fully saturated rings. The average molecular weight is 452 g/mol. The van der Waals surface area contributed by atoms with Gasteiger partial charge in [-0.3, -0.25) is 9.59 Å². The number of carboxylic acid groups (broad SMARTS) is 1. The summed E-state index contributed by atoms with van der Waals surface area (Å²) in [6.45, 7) is 1.88. The molecule has 3 amide bonds. The fourth-order valence-electron chi connectivity index (χ4n) is 4.34. The van der Waals surface area contributed by atoms with Crippen molar-refractivity contribution in [2.75, 3.05) is 13.1 Å². The number of nitrogens with zero attached hydrogens (tertiary/aromatic N) is 1. The molecule has 8 nitrogen and oxygen atoms in total. The second-order valence-electron chi connectivity index (χ2n) is 8.57. The summed E-state index contributed by atoms with van der Waals surface area (Å²) in [7, 11) is 0. The van der Waals surface area contributed by atoms with Gasteiger partial charge in [0.25, 0.3) is 5.91 Å². The molecule has 1 aliphatic heterocycles. The van der Waals surface area contributed by atoms with Crippen molar-refractivity contribution in [3.8, 4) is 5.75 Å². The van der Waals surface area contributed by atoms with Gasteiger partial charge in [-0.05, 0) is 61.1 Å². The minimum Gasteiger partial charge on any atom is -0.490 e. The average Bonchev–Trinajstić information content (AvgIpc) is 3.27. The summed E-state index contributed by atoms with van der Waals surface area (Å²) in [6, 6.07) is 14.8. The quantitative estimate of drug-likeness (QED) is 0.561. The van der Waals surface area contributed by atoms with Crippen LogP contribution >= 0.6 is 0 Å². The Labute approximate surface area is 192 Å². The van der Waals surface area contributed by atoms with Crippen LogP contribution in [0.25, 0.3) is 0 Å². The number of ether oxygens (including phenoxy) is 1. The highest BCUT2D eigenvalue weighted by molar-refractivity contribution is 5.94. The number of aliphatic carboxylic acids is 1. The van der Waals surface area contributed by atoms with E-state index < -0.39 is 5.97 Å². The highest BCUT2D eigenvalue weighted by Gasteiger charge is 2.27. The zero-order valence-electron chi connectivity index (χ0n) is 18.5. The van der Waals surface area contributed by atoms with Crippen LogP contribution in [-0.4, -0.2) is 47.1 Å².